The van der Waals surface area contributed by atoms with E-state index in [1.165, 1.54) is 5.57 Å². The van der Waals surface area contributed by atoms with Gasteiger partial charge in [-0.25, -0.2) is 0 Å². The van der Waals surface area contributed by atoms with Gasteiger partial charge in [-0.3, -0.25) is 0 Å². The number of aliphatic hydroxyl groups is 2. The minimum absolute atomic E-state index is 0.0124. The molecule has 114 valence electrons. The highest BCUT2D eigenvalue weighted by molar-refractivity contribution is 5.17. The summed E-state index contributed by atoms with van der Waals surface area (Å²) in [6.07, 6.45) is 8.34. The first-order valence-electron chi connectivity index (χ1n) is 7.86. The zero-order chi connectivity index (χ0) is 14.5. The van der Waals surface area contributed by atoms with Gasteiger partial charge in [-0.15, -0.1) is 6.58 Å². The third-order valence-corrected chi connectivity index (χ3v) is 4.79. The highest BCUT2D eigenvalue weighted by atomic mass is 16.5. The van der Waals surface area contributed by atoms with Crippen LogP contribution < -0.4 is 0 Å². The first-order chi connectivity index (χ1) is 9.63. The maximum absolute atomic E-state index is 9.95. The highest BCUT2D eigenvalue weighted by Crippen LogP contribution is 2.38. The molecule has 2 aliphatic rings. The topological polar surface area (TPSA) is 49.7 Å². The number of rotatable bonds is 5. The van der Waals surface area contributed by atoms with E-state index in [0.29, 0.717) is 12.3 Å². The molecule has 4 atom stereocenters. The van der Waals surface area contributed by atoms with Crippen LogP contribution in [0.1, 0.15) is 51.9 Å². The predicted octanol–water partition coefficient (Wildman–Crippen LogP) is 2.97. The van der Waals surface area contributed by atoms with Crippen molar-refractivity contribution in [2.45, 2.75) is 70.2 Å². The molecular weight excluding hydrogens is 252 g/mol. The third kappa shape index (κ3) is 3.94. The van der Waals surface area contributed by atoms with Gasteiger partial charge in [0, 0.05) is 6.42 Å². The van der Waals surface area contributed by atoms with E-state index in [1.807, 2.05) is 6.08 Å². The summed E-state index contributed by atoms with van der Waals surface area (Å²) in [5.74, 6) is 0.488. The fourth-order valence-electron chi connectivity index (χ4n) is 3.53. The standard InChI is InChI=1S/C17H28O3/c1-3-4-5-13-8-14(7-6-12(13)2)17-10-15(19)9-16(11-18)20-17/h3,14-19H,1,4-11H2,2H3/t14-,15-,16?,17+/m1/s1. The summed E-state index contributed by atoms with van der Waals surface area (Å²) in [5.41, 5.74) is 3.07. The SMILES string of the molecule is C=CCCC1=C(C)CC[C@@H]([C@@H]2C[C@H](O)CC(CO)O2)C1. The lowest BCUT2D eigenvalue weighted by Crippen LogP contribution is -2.41. The molecule has 0 aromatic carbocycles. The summed E-state index contributed by atoms with van der Waals surface area (Å²) in [7, 11) is 0. The van der Waals surface area contributed by atoms with Crippen LogP contribution in [-0.4, -0.2) is 35.1 Å². The first-order valence-corrected chi connectivity index (χ1v) is 7.86. The fraction of sp³-hybridized carbons (Fsp3) is 0.765. The van der Waals surface area contributed by atoms with Crippen LogP contribution in [0.5, 0.6) is 0 Å². The van der Waals surface area contributed by atoms with E-state index in [1.54, 1.807) is 5.57 Å². The molecule has 1 unspecified atom stereocenters. The number of hydrogen-bond acceptors (Lipinski definition) is 3. The summed E-state index contributed by atoms with van der Waals surface area (Å²) in [5, 5.41) is 19.2. The number of aliphatic hydroxyl groups excluding tert-OH is 2. The van der Waals surface area contributed by atoms with Gasteiger partial charge in [0.1, 0.15) is 0 Å². The molecule has 0 saturated carbocycles. The Morgan fingerprint density at radius 2 is 2.20 bits per heavy atom. The molecule has 0 spiro atoms. The van der Waals surface area contributed by atoms with Crippen LogP contribution in [-0.2, 0) is 4.74 Å². The molecule has 1 fully saturated rings. The van der Waals surface area contributed by atoms with Gasteiger partial charge in [-0.05, 0) is 51.4 Å². The highest BCUT2D eigenvalue weighted by Gasteiger charge is 2.34. The summed E-state index contributed by atoms with van der Waals surface area (Å²) >= 11 is 0. The second-order valence-corrected chi connectivity index (χ2v) is 6.32. The van der Waals surface area contributed by atoms with Gasteiger partial charge in [0.05, 0.1) is 24.9 Å². The largest absolute Gasteiger partial charge is 0.394 e. The van der Waals surface area contributed by atoms with Crippen molar-refractivity contribution in [3.8, 4) is 0 Å². The van der Waals surface area contributed by atoms with E-state index < -0.39 is 0 Å². The quantitative estimate of drug-likeness (QED) is 0.761. The van der Waals surface area contributed by atoms with Crippen LogP contribution in [0.15, 0.2) is 23.8 Å². The Morgan fingerprint density at radius 3 is 2.90 bits per heavy atom. The van der Waals surface area contributed by atoms with Crippen LogP contribution in [0.4, 0.5) is 0 Å². The lowest BCUT2D eigenvalue weighted by molar-refractivity contribution is -0.132. The molecule has 3 nitrogen and oxygen atoms in total. The normalized spacial score (nSPS) is 35.1. The Balaban J connectivity index is 1.97. The molecule has 1 aliphatic carbocycles. The monoisotopic (exact) mass is 280 g/mol. The van der Waals surface area contributed by atoms with Crippen molar-refractivity contribution in [2.24, 2.45) is 5.92 Å². The Morgan fingerprint density at radius 1 is 1.40 bits per heavy atom. The second-order valence-electron chi connectivity index (χ2n) is 6.32. The first kappa shape index (κ1) is 15.7. The van der Waals surface area contributed by atoms with Crippen LogP contribution in [0.25, 0.3) is 0 Å². The van der Waals surface area contributed by atoms with Crippen molar-refractivity contribution < 1.29 is 14.9 Å². The molecule has 1 saturated heterocycles. The maximum Gasteiger partial charge on any atom is 0.0834 e. The molecule has 1 heterocycles. The molecule has 0 bridgehead atoms. The molecule has 0 aromatic heterocycles. The lowest BCUT2D eigenvalue weighted by Gasteiger charge is -2.39. The van der Waals surface area contributed by atoms with Gasteiger partial charge in [0.15, 0.2) is 0 Å². The lowest BCUT2D eigenvalue weighted by atomic mass is 9.77. The van der Waals surface area contributed by atoms with Crippen LogP contribution in [0.2, 0.25) is 0 Å². The zero-order valence-electron chi connectivity index (χ0n) is 12.6. The van der Waals surface area contributed by atoms with E-state index >= 15 is 0 Å². The maximum atomic E-state index is 9.95. The predicted molar refractivity (Wildman–Crippen MR) is 80.5 cm³/mol. The van der Waals surface area contributed by atoms with E-state index in [4.69, 9.17) is 4.74 Å². The molecular formula is C17H28O3. The Kier molecular flexibility index (Phi) is 5.82. The van der Waals surface area contributed by atoms with Crippen molar-refractivity contribution in [3.05, 3.63) is 23.8 Å². The third-order valence-electron chi connectivity index (χ3n) is 4.79. The van der Waals surface area contributed by atoms with Crippen molar-refractivity contribution in [2.75, 3.05) is 6.61 Å². The van der Waals surface area contributed by atoms with E-state index in [-0.39, 0.29) is 24.9 Å². The number of hydrogen-bond donors (Lipinski definition) is 2. The van der Waals surface area contributed by atoms with Gasteiger partial charge in [0.25, 0.3) is 0 Å². The van der Waals surface area contributed by atoms with E-state index in [2.05, 4.69) is 13.5 Å². The van der Waals surface area contributed by atoms with Crippen molar-refractivity contribution in [1.82, 2.24) is 0 Å². The molecule has 20 heavy (non-hydrogen) atoms. The van der Waals surface area contributed by atoms with Gasteiger partial charge in [-0.1, -0.05) is 17.2 Å². The minimum atomic E-state index is -0.325. The second kappa shape index (κ2) is 7.39. The molecule has 3 heteroatoms. The number of allylic oxidation sites excluding steroid dienone is 3. The van der Waals surface area contributed by atoms with Crippen LogP contribution in [0, 0.1) is 5.92 Å². The molecule has 0 amide bonds. The fourth-order valence-corrected chi connectivity index (χ4v) is 3.53. The van der Waals surface area contributed by atoms with Crippen LogP contribution >= 0.6 is 0 Å². The summed E-state index contributed by atoms with van der Waals surface area (Å²) in [6, 6.07) is 0. The van der Waals surface area contributed by atoms with Crippen molar-refractivity contribution >= 4 is 0 Å². The minimum Gasteiger partial charge on any atom is -0.394 e. The Labute approximate surface area is 122 Å². The van der Waals surface area contributed by atoms with E-state index in [9.17, 15) is 10.2 Å². The summed E-state index contributed by atoms with van der Waals surface area (Å²) in [6.45, 7) is 6.05. The molecule has 0 aromatic rings. The van der Waals surface area contributed by atoms with Crippen LogP contribution in [0.3, 0.4) is 0 Å². The average molecular weight is 280 g/mol. The van der Waals surface area contributed by atoms with Gasteiger partial charge < -0.3 is 14.9 Å². The molecule has 2 rings (SSSR count). The smallest absolute Gasteiger partial charge is 0.0834 e. The van der Waals surface area contributed by atoms with Gasteiger partial charge in [-0.2, -0.15) is 0 Å². The summed E-state index contributed by atoms with van der Waals surface area (Å²) in [4.78, 5) is 0. The zero-order valence-corrected chi connectivity index (χ0v) is 12.6. The number of ether oxygens (including phenoxy) is 1. The molecule has 2 N–H and O–H groups in total. The molecule has 0 radical (unpaired) electrons. The Hall–Kier alpha value is -0.640. The molecule has 1 aliphatic heterocycles. The summed E-state index contributed by atoms with van der Waals surface area (Å²) < 4.78 is 5.98. The van der Waals surface area contributed by atoms with Crippen molar-refractivity contribution in [1.29, 1.82) is 0 Å². The van der Waals surface area contributed by atoms with Gasteiger partial charge >= 0.3 is 0 Å². The Bertz CT molecular complexity index is 361. The average Bonchev–Trinajstić information content (AvgIpc) is 2.45. The van der Waals surface area contributed by atoms with E-state index in [0.717, 1.165) is 38.5 Å². The van der Waals surface area contributed by atoms with Gasteiger partial charge in [0.2, 0.25) is 0 Å². The van der Waals surface area contributed by atoms with Crippen molar-refractivity contribution in [3.63, 3.8) is 0 Å².